The van der Waals surface area contributed by atoms with Crippen LogP contribution in [0.4, 0.5) is 10.5 Å². The molecule has 0 saturated carbocycles. The van der Waals surface area contributed by atoms with E-state index >= 15 is 0 Å². The number of nitrogens with one attached hydrogen (secondary N) is 2. The molecule has 2 atom stereocenters. The molecule has 0 spiro atoms. The van der Waals surface area contributed by atoms with Crippen molar-refractivity contribution in [2.45, 2.75) is 84.5 Å². The van der Waals surface area contributed by atoms with E-state index in [0.717, 1.165) is 22.8 Å². The number of amides is 3. The largest absolute Gasteiger partial charge is 0.508 e. The van der Waals surface area contributed by atoms with E-state index < -0.39 is 35.2 Å². The van der Waals surface area contributed by atoms with Crippen LogP contribution in [0.2, 0.25) is 0 Å². The van der Waals surface area contributed by atoms with E-state index in [0.29, 0.717) is 16.8 Å². The summed E-state index contributed by atoms with van der Waals surface area (Å²) >= 11 is 0. The van der Waals surface area contributed by atoms with Crippen molar-refractivity contribution in [2.24, 2.45) is 0 Å². The molecule has 46 heavy (non-hydrogen) atoms. The van der Waals surface area contributed by atoms with E-state index in [1.807, 2.05) is 87.5 Å². The maximum atomic E-state index is 14.8. The quantitative estimate of drug-likeness (QED) is 0.178. The number of aromatic hydroxyl groups is 1. The molecule has 2 unspecified atom stereocenters. The van der Waals surface area contributed by atoms with Gasteiger partial charge in [-0.1, -0.05) is 73.7 Å². The van der Waals surface area contributed by atoms with Crippen LogP contribution in [0.3, 0.4) is 0 Å². The molecule has 0 saturated heterocycles. The molecule has 3 amide bonds. The molecule has 4 aromatic rings. The van der Waals surface area contributed by atoms with Crippen LogP contribution in [-0.4, -0.2) is 45.1 Å². The van der Waals surface area contributed by atoms with E-state index in [9.17, 15) is 19.5 Å². The second kappa shape index (κ2) is 14.1. The van der Waals surface area contributed by atoms with E-state index in [2.05, 4.69) is 17.6 Å². The van der Waals surface area contributed by atoms with Crippen LogP contribution in [0, 0.1) is 0 Å². The number of hydrogen-bond acceptors (Lipinski definition) is 5. The first-order valence-corrected chi connectivity index (χ1v) is 15.6. The summed E-state index contributed by atoms with van der Waals surface area (Å²) in [5.41, 5.74) is 1.42. The number of benzene rings is 4. The number of alkyl carbamates (subject to hydrolysis) is 1. The minimum Gasteiger partial charge on any atom is -0.508 e. The number of ether oxygens (including phenoxy) is 1. The van der Waals surface area contributed by atoms with Gasteiger partial charge in [0.1, 0.15) is 23.4 Å². The van der Waals surface area contributed by atoms with Gasteiger partial charge in [-0.05, 0) is 99.7 Å². The number of phenolic OH excluding ortho intramolecular Hbond substituents is 1. The molecule has 0 heterocycles. The van der Waals surface area contributed by atoms with Crippen LogP contribution in [0.1, 0.15) is 71.2 Å². The summed E-state index contributed by atoms with van der Waals surface area (Å²) in [6.07, 6.45) is 0.187. The van der Waals surface area contributed by atoms with Crippen LogP contribution in [0.15, 0.2) is 91.0 Å². The zero-order chi connectivity index (χ0) is 33.6. The fourth-order valence-electron chi connectivity index (χ4n) is 5.36. The predicted molar refractivity (Wildman–Crippen MR) is 183 cm³/mol. The number of carbonyl (C=O) groups excluding carboxylic acids is 3. The van der Waals surface area contributed by atoms with Crippen molar-refractivity contribution in [1.29, 1.82) is 0 Å². The molecule has 0 aliphatic carbocycles. The third-order valence-corrected chi connectivity index (χ3v) is 7.55. The average Bonchev–Trinajstić information content (AvgIpc) is 2.98. The Bertz CT molecular complexity index is 1670. The smallest absolute Gasteiger partial charge is 0.408 e. The first kappa shape index (κ1) is 34.0. The highest BCUT2D eigenvalue weighted by atomic mass is 16.6. The summed E-state index contributed by atoms with van der Waals surface area (Å²) in [5, 5.41) is 17.7. The van der Waals surface area contributed by atoms with Crippen LogP contribution < -0.4 is 10.6 Å². The Morgan fingerprint density at radius 2 is 1.41 bits per heavy atom. The normalized spacial score (nSPS) is 13.0. The van der Waals surface area contributed by atoms with Gasteiger partial charge >= 0.3 is 6.09 Å². The number of carbonyl (C=O) groups is 3. The highest BCUT2D eigenvalue weighted by Gasteiger charge is 2.42. The van der Waals surface area contributed by atoms with Gasteiger partial charge in [0.2, 0.25) is 5.91 Å². The van der Waals surface area contributed by atoms with Gasteiger partial charge in [0.25, 0.3) is 5.91 Å². The number of phenols is 1. The maximum Gasteiger partial charge on any atom is 0.408 e. The Kier molecular flexibility index (Phi) is 10.4. The fraction of sp³-hybridized carbons (Fsp3) is 0.342. The predicted octanol–water partition coefficient (Wildman–Crippen LogP) is 7.55. The Balaban J connectivity index is 1.78. The number of rotatable bonds is 9. The SMILES string of the molecule is CCc1ccc(C(C(=O)Nc2ccc3ccccc3c2)N(C(=O)C(Cc2ccc(O)cc2)NC(=O)OC(C)(C)C)C(C)(C)C)cc1. The van der Waals surface area contributed by atoms with Crippen molar-refractivity contribution in [3.63, 3.8) is 0 Å². The van der Waals surface area contributed by atoms with Crippen molar-refractivity contribution in [3.8, 4) is 5.75 Å². The molecule has 0 radical (unpaired) electrons. The van der Waals surface area contributed by atoms with Gasteiger partial charge in [0.05, 0.1) is 0 Å². The van der Waals surface area contributed by atoms with Gasteiger partial charge in [-0.2, -0.15) is 0 Å². The molecule has 3 N–H and O–H groups in total. The lowest BCUT2D eigenvalue weighted by Gasteiger charge is -2.43. The van der Waals surface area contributed by atoms with Crippen molar-refractivity contribution in [3.05, 3.63) is 108 Å². The van der Waals surface area contributed by atoms with E-state index in [-0.39, 0.29) is 18.1 Å². The molecule has 0 bridgehead atoms. The van der Waals surface area contributed by atoms with E-state index in [1.165, 1.54) is 12.1 Å². The summed E-state index contributed by atoms with van der Waals surface area (Å²) in [4.78, 5) is 43.7. The van der Waals surface area contributed by atoms with Crippen molar-refractivity contribution >= 4 is 34.4 Å². The second-order valence-electron chi connectivity index (χ2n) is 13.5. The molecule has 0 aromatic heterocycles. The Morgan fingerprint density at radius 3 is 2.00 bits per heavy atom. The van der Waals surface area contributed by atoms with Gasteiger partial charge in [-0.25, -0.2) is 4.79 Å². The van der Waals surface area contributed by atoms with Gasteiger partial charge in [0.15, 0.2) is 0 Å². The molecule has 0 aliphatic rings. The first-order chi connectivity index (χ1) is 21.6. The fourth-order valence-corrected chi connectivity index (χ4v) is 5.36. The van der Waals surface area contributed by atoms with Crippen molar-refractivity contribution in [2.75, 3.05) is 5.32 Å². The number of nitrogens with zero attached hydrogens (tertiary/aromatic N) is 1. The van der Waals surface area contributed by atoms with Crippen LogP contribution in [-0.2, 0) is 27.2 Å². The standard InChI is InChI=1S/C38H45N3O5/c1-8-25-13-17-28(18-14-25)33(34(43)39-30-20-19-27-11-9-10-12-29(27)24-30)41(37(2,3)4)35(44)32(40-36(45)46-38(5,6)7)23-26-15-21-31(42)22-16-26/h9-22,24,32-33,42H,8,23H2,1-7H3,(H,39,43)(H,40,45). The van der Waals surface area contributed by atoms with Crippen LogP contribution in [0.5, 0.6) is 5.75 Å². The monoisotopic (exact) mass is 623 g/mol. The zero-order valence-electron chi connectivity index (χ0n) is 27.8. The molecule has 8 nitrogen and oxygen atoms in total. The Hall–Kier alpha value is -4.85. The molecular formula is C38H45N3O5. The maximum absolute atomic E-state index is 14.8. The summed E-state index contributed by atoms with van der Waals surface area (Å²) < 4.78 is 5.53. The molecule has 4 rings (SSSR count). The van der Waals surface area contributed by atoms with Gasteiger partial charge in [-0.3, -0.25) is 9.59 Å². The average molecular weight is 624 g/mol. The van der Waals surface area contributed by atoms with Crippen LogP contribution in [0.25, 0.3) is 10.8 Å². The highest BCUT2D eigenvalue weighted by molar-refractivity contribution is 6.00. The van der Waals surface area contributed by atoms with Crippen molar-refractivity contribution < 1.29 is 24.2 Å². The van der Waals surface area contributed by atoms with Crippen molar-refractivity contribution in [1.82, 2.24) is 10.2 Å². The first-order valence-electron chi connectivity index (χ1n) is 15.6. The number of fused-ring (bicyclic) bond motifs is 1. The van der Waals surface area contributed by atoms with Gasteiger partial charge in [-0.15, -0.1) is 0 Å². The van der Waals surface area contributed by atoms with E-state index in [1.54, 1.807) is 37.8 Å². The summed E-state index contributed by atoms with van der Waals surface area (Å²) in [6, 6.07) is 25.6. The summed E-state index contributed by atoms with van der Waals surface area (Å²) in [5.74, 6) is -0.753. The summed E-state index contributed by atoms with van der Waals surface area (Å²) in [7, 11) is 0. The summed E-state index contributed by atoms with van der Waals surface area (Å²) in [6.45, 7) is 12.9. The number of hydrogen-bond donors (Lipinski definition) is 3. The topological polar surface area (TPSA) is 108 Å². The number of anilines is 1. The number of aryl methyl sites for hydroxylation is 1. The zero-order valence-corrected chi connectivity index (χ0v) is 27.8. The lowest BCUT2D eigenvalue weighted by Crippen LogP contribution is -2.58. The molecule has 8 heteroatoms. The molecular weight excluding hydrogens is 578 g/mol. The third-order valence-electron chi connectivity index (χ3n) is 7.55. The molecule has 4 aromatic carbocycles. The minimum atomic E-state index is -1.08. The van der Waals surface area contributed by atoms with E-state index in [4.69, 9.17) is 4.74 Å². The molecule has 242 valence electrons. The molecule has 0 fully saturated rings. The second-order valence-corrected chi connectivity index (χ2v) is 13.5. The lowest BCUT2D eigenvalue weighted by atomic mass is 9.93. The Labute approximate surface area is 271 Å². The highest BCUT2D eigenvalue weighted by Crippen LogP contribution is 2.32. The van der Waals surface area contributed by atoms with Gasteiger partial charge in [0, 0.05) is 17.6 Å². The van der Waals surface area contributed by atoms with Gasteiger partial charge < -0.3 is 25.4 Å². The third kappa shape index (κ3) is 8.87. The Morgan fingerprint density at radius 1 is 0.804 bits per heavy atom. The molecule has 0 aliphatic heterocycles. The lowest BCUT2D eigenvalue weighted by molar-refractivity contribution is -0.146. The minimum absolute atomic E-state index is 0.0870. The van der Waals surface area contributed by atoms with Crippen LogP contribution >= 0.6 is 0 Å².